The highest BCUT2D eigenvalue weighted by molar-refractivity contribution is 7.99. The van der Waals surface area contributed by atoms with Crippen LogP contribution in [0.5, 0.6) is 0 Å². The SMILES string of the molecule is CCSc1cccc(N2CC(C)OC(C)C2)c1C#N. The maximum Gasteiger partial charge on any atom is 0.103 e. The summed E-state index contributed by atoms with van der Waals surface area (Å²) in [6.45, 7) is 7.97. The molecule has 102 valence electrons. The van der Waals surface area contributed by atoms with Gasteiger partial charge in [-0.05, 0) is 31.7 Å². The van der Waals surface area contributed by atoms with Crippen molar-refractivity contribution in [2.24, 2.45) is 0 Å². The van der Waals surface area contributed by atoms with Crippen LogP contribution in [0, 0.1) is 11.3 Å². The molecule has 0 spiro atoms. The summed E-state index contributed by atoms with van der Waals surface area (Å²) in [4.78, 5) is 3.35. The molecule has 2 unspecified atom stereocenters. The Morgan fingerprint density at radius 3 is 2.63 bits per heavy atom. The van der Waals surface area contributed by atoms with Gasteiger partial charge in [0.05, 0.1) is 23.5 Å². The highest BCUT2D eigenvalue weighted by atomic mass is 32.2. The Balaban J connectivity index is 2.33. The Morgan fingerprint density at radius 1 is 1.37 bits per heavy atom. The first-order valence-electron chi connectivity index (χ1n) is 6.72. The molecule has 1 saturated heterocycles. The monoisotopic (exact) mass is 276 g/mol. The van der Waals surface area contributed by atoms with Crippen molar-refractivity contribution in [1.82, 2.24) is 0 Å². The van der Waals surface area contributed by atoms with E-state index in [-0.39, 0.29) is 12.2 Å². The second kappa shape index (κ2) is 6.31. The Labute approximate surface area is 119 Å². The van der Waals surface area contributed by atoms with Crippen LogP contribution in [0.2, 0.25) is 0 Å². The van der Waals surface area contributed by atoms with Gasteiger partial charge in [0.15, 0.2) is 0 Å². The molecule has 2 atom stereocenters. The van der Waals surface area contributed by atoms with Crippen LogP contribution < -0.4 is 4.90 Å². The maximum absolute atomic E-state index is 9.47. The van der Waals surface area contributed by atoms with E-state index >= 15 is 0 Å². The molecule has 1 aromatic carbocycles. The average Bonchev–Trinajstić information content (AvgIpc) is 2.37. The predicted octanol–water partition coefficient (Wildman–Crippen LogP) is 3.28. The molecule has 2 rings (SSSR count). The molecule has 0 bridgehead atoms. The fourth-order valence-electron chi connectivity index (χ4n) is 2.55. The summed E-state index contributed by atoms with van der Waals surface area (Å²) in [7, 11) is 0. The summed E-state index contributed by atoms with van der Waals surface area (Å²) in [6, 6.07) is 8.49. The van der Waals surface area contributed by atoms with E-state index in [0.717, 1.165) is 35.0 Å². The van der Waals surface area contributed by atoms with Gasteiger partial charge < -0.3 is 9.64 Å². The van der Waals surface area contributed by atoms with Gasteiger partial charge in [-0.15, -0.1) is 11.8 Å². The third kappa shape index (κ3) is 3.23. The van der Waals surface area contributed by atoms with E-state index in [1.165, 1.54) is 0 Å². The van der Waals surface area contributed by atoms with E-state index in [0.29, 0.717) is 0 Å². The molecule has 0 saturated carbocycles. The van der Waals surface area contributed by atoms with Crippen molar-refractivity contribution in [2.75, 3.05) is 23.7 Å². The fourth-order valence-corrected chi connectivity index (χ4v) is 3.33. The van der Waals surface area contributed by atoms with Crippen LogP contribution in [0.1, 0.15) is 26.3 Å². The van der Waals surface area contributed by atoms with Gasteiger partial charge in [-0.1, -0.05) is 13.0 Å². The van der Waals surface area contributed by atoms with E-state index in [2.05, 4.69) is 31.7 Å². The van der Waals surface area contributed by atoms with Crippen molar-refractivity contribution in [3.8, 4) is 6.07 Å². The molecule has 1 heterocycles. The first-order valence-corrected chi connectivity index (χ1v) is 7.70. The number of benzene rings is 1. The van der Waals surface area contributed by atoms with Crippen LogP contribution >= 0.6 is 11.8 Å². The van der Waals surface area contributed by atoms with Crippen LogP contribution in [0.3, 0.4) is 0 Å². The number of nitrogens with zero attached hydrogens (tertiary/aromatic N) is 2. The lowest BCUT2D eigenvalue weighted by Crippen LogP contribution is -2.45. The number of morpholine rings is 1. The topological polar surface area (TPSA) is 36.3 Å². The first kappa shape index (κ1) is 14.2. The Hall–Kier alpha value is -1.18. The third-order valence-corrected chi connectivity index (χ3v) is 4.12. The Bertz CT molecular complexity index is 474. The number of hydrogen-bond acceptors (Lipinski definition) is 4. The normalized spacial score (nSPS) is 23.2. The zero-order valence-corrected chi connectivity index (χ0v) is 12.5. The molecule has 1 aromatic rings. The van der Waals surface area contributed by atoms with E-state index in [1.54, 1.807) is 11.8 Å². The highest BCUT2D eigenvalue weighted by Gasteiger charge is 2.24. The Kier molecular flexibility index (Phi) is 4.73. The lowest BCUT2D eigenvalue weighted by atomic mass is 10.1. The predicted molar refractivity (Wildman–Crippen MR) is 79.8 cm³/mol. The van der Waals surface area contributed by atoms with Crippen molar-refractivity contribution in [1.29, 1.82) is 5.26 Å². The number of nitriles is 1. The van der Waals surface area contributed by atoms with Gasteiger partial charge in [-0.2, -0.15) is 5.26 Å². The van der Waals surface area contributed by atoms with Crippen molar-refractivity contribution in [2.45, 2.75) is 37.9 Å². The molecule has 1 aliphatic rings. The quantitative estimate of drug-likeness (QED) is 0.794. The summed E-state index contributed by atoms with van der Waals surface area (Å²) in [5.74, 6) is 0.980. The van der Waals surface area contributed by atoms with Crippen molar-refractivity contribution in [3.05, 3.63) is 23.8 Å². The minimum absolute atomic E-state index is 0.206. The third-order valence-electron chi connectivity index (χ3n) is 3.18. The standard InChI is InChI=1S/C15H20N2OS/c1-4-19-15-7-5-6-14(13(15)8-16)17-9-11(2)18-12(3)10-17/h5-7,11-12H,4,9-10H2,1-3H3. The molecular formula is C15H20N2OS. The number of rotatable bonds is 3. The van der Waals surface area contributed by atoms with Crippen molar-refractivity contribution >= 4 is 17.4 Å². The van der Waals surface area contributed by atoms with Gasteiger partial charge in [0, 0.05) is 18.0 Å². The molecule has 1 aliphatic heterocycles. The summed E-state index contributed by atoms with van der Waals surface area (Å²) in [6.07, 6.45) is 0.413. The molecule has 0 aliphatic carbocycles. The lowest BCUT2D eigenvalue weighted by Gasteiger charge is -2.37. The van der Waals surface area contributed by atoms with Crippen molar-refractivity contribution < 1.29 is 4.74 Å². The minimum atomic E-state index is 0.206. The largest absolute Gasteiger partial charge is 0.372 e. The zero-order chi connectivity index (χ0) is 13.8. The molecular weight excluding hydrogens is 256 g/mol. The lowest BCUT2D eigenvalue weighted by molar-refractivity contribution is -0.00524. The van der Waals surface area contributed by atoms with Crippen LogP contribution in [0.15, 0.2) is 23.1 Å². The molecule has 0 amide bonds. The second-order valence-electron chi connectivity index (χ2n) is 4.86. The number of hydrogen-bond donors (Lipinski definition) is 0. The van der Waals surface area contributed by atoms with Gasteiger partial charge in [-0.3, -0.25) is 0 Å². The molecule has 4 heteroatoms. The fraction of sp³-hybridized carbons (Fsp3) is 0.533. The van der Waals surface area contributed by atoms with E-state index in [1.807, 2.05) is 18.2 Å². The first-order chi connectivity index (χ1) is 9.15. The zero-order valence-electron chi connectivity index (χ0n) is 11.7. The molecule has 19 heavy (non-hydrogen) atoms. The van der Waals surface area contributed by atoms with Gasteiger partial charge in [-0.25, -0.2) is 0 Å². The second-order valence-corrected chi connectivity index (χ2v) is 6.16. The molecule has 0 N–H and O–H groups in total. The maximum atomic E-state index is 9.47. The van der Waals surface area contributed by atoms with Crippen LogP contribution in [-0.2, 0) is 4.74 Å². The van der Waals surface area contributed by atoms with Gasteiger partial charge in [0.25, 0.3) is 0 Å². The minimum Gasteiger partial charge on any atom is -0.372 e. The summed E-state index contributed by atoms with van der Waals surface area (Å²) in [5, 5.41) is 9.47. The summed E-state index contributed by atoms with van der Waals surface area (Å²) >= 11 is 1.73. The number of anilines is 1. The van der Waals surface area contributed by atoms with Crippen LogP contribution in [-0.4, -0.2) is 31.1 Å². The van der Waals surface area contributed by atoms with Crippen molar-refractivity contribution in [3.63, 3.8) is 0 Å². The van der Waals surface area contributed by atoms with E-state index < -0.39 is 0 Å². The van der Waals surface area contributed by atoms with Gasteiger partial charge >= 0.3 is 0 Å². The molecule has 0 radical (unpaired) electrons. The highest BCUT2D eigenvalue weighted by Crippen LogP contribution is 2.31. The van der Waals surface area contributed by atoms with E-state index in [4.69, 9.17) is 4.74 Å². The molecule has 3 nitrogen and oxygen atoms in total. The molecule has 1 fully saturated rings. The van der Waals surface area contributed by atoms with Gasteiger partial charge in [0.2, 0.25) is 0 Å². The smallest absolute Gasteiger partial charge is 0.103 e. The average molecular weight is 276 g/mol. The summed E-state index contributed by atoms with van der Waals surface area (Å²) < 4.78 is 5.76. The van der Waals surface area contributed by atoms with Crippen LogP contribution in [0.4, 0.5) is 5.69 Å². The van der Waals surface area contributed by atoms with Gasteiger partial charge in [0.1, 0.15) is 6.07 Å². The Morgan fingerprint density at radius 2 is 2.05 bits per heavy atom. The van der Waals surface area contributed by atoms with E-state index in [9.17, 15) is 5.26 Å². The summed E-state index contributed by atoms with van der Waals surface area (Å²) in [5.41, 5.74) is 1.85. The van der Waals surface area contributed by atoms with Crippen LogP contribution in [0.25, 0.3) is 0 Å². The number of ether oxygens (including phenoxy) is 1. The number of thioether (sulfide) groups is 1. The molecule has 0 aromatic heterocycles.